The zero-order valence-corrected chi connectivity index (χ0v) is 14.0. The second-order valence-corrected chi connectivity index (χ2v) is 7.85. The first-order valence-electron chi connectivity index (χ1n) is 6.98. The summed E-state index contributed by atoms with van der Waals surface area (Å²) >= 11 is 1.18. The van der Waals surface area contributed by atoms with Crippen LogP contribution in [0, 0.1) is 6.92 Å². The molecular weight excluding hydrogens is 334 g/mol. The van der Waals surface area contributed by atoms with Crippen molar-refractivity contribution in [3.8, 4) is 11.4 Å². The van der Waals surface area contributed by atoms with E-state index in [-0.39, 0.29) is 6.54 Å². The molecule has 0 amide bonds. The molecule has 0 aliphatic heterocycles. The minimum absolute atomic E-state index is 0.204. The van der Waals surface area contributed by atoms with Gasteiger partial charge in [-0.3, -0.25) is 0 Å². The van der Waals surface area contributed by atoms with Crippen LogP contribution in [0.1, 0.15) is 11.5 Å². The van der Waals surface area contributed by atoms with E-state index in [1.807, 2.05) is 31.2 Å². The molecule has 0 atom stereocenters. The van der Waals surface area contributed by atoms with E-state index < -0.39 is 10.0 Å². The third-order valence-corrected chi connectivity index (χ3v) is 6.10. The maximum absolute atomic E-state index is 12.0. The van der Waals surface area contributed by atoms with E-state index in [1.54, 1.807) is 17.5 Å². The number of benzene rings is 1. The van der Waals surface area contributed by atoms with Crippen LogP contribution < -0.4 is 4.72 Å². The maximum Gasteiger partial charge on any atom is 0.250 e. The predicted molar refractivity (Wildman–Crippen MR) is 87.7 cm³/mol. The summed E-state index contributed by atoms with van der Waals surface area (Å²) < 4.78 is 32.0. The van der Waals surface area contributed by atoms with Gasteiger partial charge in [0.05, 0.1) is 0 Å². The SMILES string of the molecule is Cc1ccccc1-c1noc(CCNS(=O)(=O)c2cccs2)n1. The molecule has 8 heteroatoms. The van der Waals surface area contributed by atoms with E-state index in [4.69, 9.17) is 4.52 Å². The standard InChI is InChI=1S/C15H15N3O3S2/c1-11-5-2-3-6-12(11)15-17-13(21-18-15)8-9-16-23(19,20)14-7-4-10-22-14/h2-7,10,16H,8-9H2,1H3. The number of nitrogens with zero attached hydrogens (tertiary/aromatic N) is 2. The Morgan fingerprint density at radius 2 is 2.04 bits per heavy atom. The first-order valence-corrected chi connectivity index (χ1v) is 9.34. The fourth-order valence-electron chi connectivity index (χ4n) is 2.07. The number of thiophene rings is 1. The van der Waals surface area contributed by atoms with Crippen LogP contribution >= 0.6 is 11.3 Å². The molecule has 3 aromatic rings. The normalized spacial score (nSPS) is 11.7. The van der Waals surface area contributed by atoms with Crippen molar-refractivity contribution in [3.63, 3.8) is 0 Å². The summed E-state index contributed by atoms with van der Waals surface area (Å²) in [7, 11) is -3.46. The molecule has 0 unspecified atom stereocenters. The zero-order valence-electron chi connectivity index (χ0n) is 12.4. The van der Waals surface area contributed by atoms with Gasteiger partial charge >= 0.3 is 0 Å². The Balaban J connectivity index is 1.63. The van der Waals surface area contributed by atoms with Gasteiger partial charge in [-0.05, 0) is 23.9 Å². The topological polar surface area (TPSA) is 85.1 Å². The van der Waals surface area contributed by atoms with E-state index in [0.717, 1.165) is 11.1 Å². The number of aryl methyl sites for hydroxylation is 1. The van der Waals surface area contributed by atoms with Crippen LogP contribution in [0.4, 0.5) is 0 Å². The average Bonchev–Trinajstić information content (AvgIpc) is 3.19. The molecule has 1 N–H and O–H groups in total. The van der Waals surface area contributed by atoms with Gasteiger partial charge in [-0.15, -0.1) is 11.3 Å². The summed E-state index contributed by atoms with van der Waals surface area (Å²) in [6.07, 6.45) is 0.337. The number of rotatable bonds is 6. The van der Waals surface area contributed by atoms with Crippen LogP contribution in [-0.2, 0) is 16.4 Å². The molecule has 2 aromatic heterocycles. The summed E-state index contributed by atoms with van der Waals surface area (Å²) in [6, 6.07) is 11.0. The van der Waals surface area contributed by atoms with Crippen LogP contribution in [0.3, 0.4) is 0 Å². The van der Waals surface area contributed by atoms with Crippen molar-refractivity contribution in [2.75, 3.05) is 6.54 Å². The minimum atomic E-state index is -3.46. The number of hydrogen-bond acceptors (Lipinski definition) is 6. The molecule has 120 valence electrons. The zero-order chi connectivity index (χ0) is 16.3. The Kier molecular flexibility index (Phi) is 4.56. The lowest BCUT2D eigenvalue weighted by Crippen LogP contribution is -2.25. The third-order valence-electron chi connectivity index (χ3n) is 3.24. The molecule has 3 rings (SSSR count). The van der Waals surface area contributed by atoms with Crippen LogP contribution in [0.2, 0.25) is 0 Å². The monoisotopic (exact) mass is 349 g/mol. The van der Waals surface area contributed by atoms with Gasteiger partial charge < -0.3 is 4.52 Å². The van der Waals surface area contributed by atoms with Gasteiger partial charge in [0.25, 0.3) is 0 Å². The summed E-state index contributed by atoms with van der Waals surface area (Å²) in [5.41, 5.74) is 1.96. The van der Waals surface area contributed by atoms with E-state index in [1.165, 1.54) is 11.3 Å². The van der Waals surface area contributed by atoms with E-state index >= 15 is 0 Å². The van der Waals surface area contributed by atoms with E-state index in [2.05, 4.69) is 14.9 Å². The second-order valence-electron chi connectivity index (χ2n) is 4.91. The lowest BCUT2D eigenvalue weighted by molar-refractivity contribution is 0.379. The molecule has 23 heavy (non-hydrogen) atoms. The van der Waals surface area contributed by atoms with Crippen LogP contribution in [0.25, 0.3) is 11.4 Å². The van der Waals surface area contributed by atoms with Gasteiger partial charge in [0.1, 0.15) is 4.21 Å². The highest BCUT2D eigenvalue weighted by atomic mass is 32.2. The Bertz CT molecular complexity index is 886. The Labute approximate surface area is 138 Å². The number of aromatic nitrogens is 2. The highest BCUT2D eigenvalue weighted by Crippen LogP contribution is 2.20. The fraction of sp³-hybridized carbons (Fsp3) is 0.200. The van der Waals surface area contributed by atoms with Crippen molar-refractivity contribution in [2.24, 2.45) is 0 Å². The number of nitrogens with one attached hydrogen (secondary N) is 1. The molecule has 0 radical (unpaired) electrons. The van der Waals surface area contributed by atoms with Gasteiger partial charge in [0, 0.05) is 18.5 Å². The molecule has 0 aliphatic rings. The molecule has 0 aliphatic carbocycles. The van der Waals surface area contributed by atoms with Crippen LogP contribution in [-0.4, -0.2) is 25.1 Å². The lowest BCUT2D eigenvalue weighted by Gasteiger charge is -2.02. The Morgan fingerprint density at radius 1 is 1.22 bits per heavy atom. The summed E-state index contributed by atoms with van der Waals surface area (Å²) in [4.78, 5) is 4.31. The molecule has 0 saturated heterocycles. The smallest absolute Gasteiger partial charge is 0.250 e. The quantitative estimate of drug-likeness (QED) is 0.739. The largest absolute Gasteiger partial charge is 0.339 e. The van der Waals surface area contributed by atoms with Gasteiger partial charge in [-0.25, -0.2) is 13.1 Å². The van der Waals surface area contributed by atoms with Crippen molar-refractivity contribution >= 4 is 21.4 Å². The first-order chi connectivity index (χ1) is 11.1. The molecule has 6 nitrogen and oxygen atoms in total. The minimum Gasteiger partial charge on any atom is -0.339 e. The molecule has 2 heterocycles. The van der Waals surface area contributed by atoms with Gasteiger partial charge in [0.15, 0.2) is 0 Å². The Hall–Kier alpha value is -2.03. The van der Waals surface area contributed by atoms with Gasteiger partial charge in [-0.2, -0.15) is 4.98 Å². The first kappa shape index (κ1) is 15.9. The third kappa shape index (κ3) is 3.66. The summed E-state index contributed by atoms with van der Waals surface area (Å²) in [5, 5.41) is 5.67. The average molecular weight is 349 g/mol. The Morgan fingerprint density at radius 3 is 2.78 bits per heavy atom. The molecule has 0 fully saturated rings. The second kappa shape index (κ2) is 6.61. The van der Waals surface area contributed by atoms with Crippen molar-refractivity contribution in [3.05, 3.63) is 53.2 Å². The molecular formula is C15H15N3O3S2. The number of sulfonamides is 1. The summed E-state index contributed by atoms with van der Waals surface area (Å²) in [6.45, 7) is 2.18. The lowest BCUT2D eigenvalue weighted by atomic mass is 10.1. The van der Waals surface area contributed by atoms with E-state index in [0.29, 0.717) is 22.3 Å². The van der Waals surface area contributed by atoms with Crippen molar-refractivity contribution in [1.82, 2.24) is 14.9 Å². The van der Waals surface area contributed by atoms with Crippen LogP contribution in [0.15, 0.2) is 50.5 Å². The maximum atomic E-state index is 12.0. The highest BCUT2D eigenvalue weighted by molar-refractivity contribution is 7.91. The predicted octanol–water partition coefficient (Wildman–Crippen LogP) is 2.63. The highest BCUT2D eigenvalue weighted by Gasteiger charge is 2.15. The summed E-state index contributed by atoms with van der Waals surface area (Å²) in [5.74, 6) is 0.913. The fourth-order valence-corrected chi connectivity index (χ4v) is 4.14. The van der Waals surface area contributed by atoms with Crippen molar-refractivity contribution in [1.29, 1.82) is 0 Å². The molecule has 1 aromatic carbocycles. The van der Waals surface area contributed by atoms with E-state index in [9.17, 15) is 8.42 Å². The van der Waals surface area contributed by atoms with Crippen molar-refractivity contribution < 1.29 is 12.9 Å². The van der Waals surface area contributed by atoms with Crippen molar-refractivity contribution in [2.45, 2.75) is 17.6 Å². The molecule has 0 spiro atoms. The van der Waals surface area contributed by atoms with Gasteiger partial charge in [-0.1, -0.05) is 35.5 Å². The van der Waals surface area contributed by atoms with Crippen LogP contribution in [0.5, 0.6) is 0 Å². The molecule has 0 bridgehead atoms. The molecule has 0 saturated carbocycles. The van der Waals surface area contributed by atoms with Gasteiger partial charge in [0.2, 0.25) is 21.7 Å². The number of hydrogen-bond donors (Lipinski definition) is 1.